The van der Waals surface area contributed by atoms with Crippen molar-refractivity contribution in [1.82, 2.24) is 0 Å². The summed E-state index contributed by atoms with van der Waals surface area (Å²) in [4.78, 5) is 0. The summed E-state index contributed by atoms with van der Waals surface area (Å²) in [6.45, 7) is 13.4. The summed E-state index contributed by atoms with van der Waals surface area (Å²) in [5.41, 5.74) is 2.49. The van der Waals surface area contributed by atoms with Gasteiger partial charge in [0.15, 0.2) is 8.15 Å². The maximum Gasteiger partial charge on any atom is 0.158 e. The van der Waals surface area contributed by atoms with Crippen LogP contribution in [0.2, 0.25) is 0 Å². The molecule has 0 aliphatic carbocycles. The third-order valence-corrected chi connectivity index (χ3v) is 7.44. The fourth-order valence-corrected chi connectivity index (χ4v) is 5.57. The highest BCUT2D eigenvalue weighted by Crippen LogP contribution is 2.45. The first-order chi connectivity index (χ1) is 15.1. The van der Waals surface area contributed by atoms with Crippen LogP contribution in [-0.4, -0.2) is 14.2 Å². The molecule has 0 heterocycles. The van der Waals surface area contributed by atoms with Crippen LogP contribution in [0.1, 0.15) is 52.7 Å². The fourth-order valence-electron chi connectivity index (χ4n) is 3.58. The van der Waals surface area contributed by atoms with Crippen molar-refractivity contribution in [3.05, 3.63) is 77.9 Å². The standard InChI is InChI=1S/C28H35O3P/c1-27(2,3)20-17-18-22(21(19-20)28(4,5)6)31-32(25-15-11-9-13-23(25)29-7)26-16-12-10-14-24(26)30-8/h9-19H,1-8H3. The van der Waals surface area contributed by atoms with Gasteiger partial charge in [-0.2, -0.15) is 0 Å². The van der Waals surface area contributed by atoms with Gasteiger partial charge >= 0.3 is 0 Å². The summed E-state index contributed by atoms with van der Waals surface area (Å²) in [7, 11) is 2.17. The molecule has 0 saturated heterocycles. The molecule has 3 aromatic carbocycles. The van der Waals surface area contributed by atoms with E-state index >= 15 is 0 Å². The van der Waals surface area contributed by atoms with Crippen molar-refractivity contribution in [2.75, 3.05) is 14.2 Å². The van der Waals surface area contributed by atoms with E-state index < -0.39 is 8.15 Å². The molecule has 3 rings (SSSR count). The molecule has 170 valence electrons. The van der Waals surface area contributed by atoms with Crippen molar-refractivity contribution in [3.8, 4) is 17.2 Å². The molecule has 0 unspecified atom stereocenters. The summed E-state index contributed by atoms with van der Waals surface area (Å²) < 4.78 is 18.3. The Labute approximate surface area is 194 Å². The number of methoxy groups -OCH3 is 2. The lowest BCUT2D eigenvalue weighted by Crippen LogP contribution is -2.21. The highest BCUT2D eigenvalue weighted by Gasteiger charge is 2.28. The number of rotatable bonds is 6. The maximum atomic E-state index is 6.90. The van der Waals surface area contributed by atoms with Crippen LogP contribution in [0.3, 0.4) is 0 Å². The lowest BCUT2D eigenvalue weighted by Gasteiger charge is -2.30. The number of benzene rings is 3. The van der Waals surface area contributed by atoms with Crippen molar-refractivity contribution in [3.63, 3.8) is 0 Å². The van der Waals surface area contributed by atoms with Crippen LogP contribution in [0.4, 0.5) is 0 Å². The molecule has 0 amide bonds. The quantitative estimate of drug-likeness (QED) is 0.390. The van der Waals surface area contributed by atoms with E-state index in [1.165, 1.54) is 11.1 Å². The molecule has 3 nitrogen and oxygen atoms in total. The molecule has 0 spiro atoms. The average Bonchev–Trinajstić information content (AvgIpc) is 2.76. The Kier molecular flexibility index (Phi) is 7.20. The van der Waals surface area contributed by atoms with Gasteiger partial charge in [-0.05, 0) is 46.7 Å². The number of hydrogen-bond acceptors (Lipinski definition) is 3. The second-order valence-corrected chi connectivity index (χ2v) is 11.7. The zero-order chi connectivity index (χ0) is 23.5. The summed E-state index contributed by atoms with van der Waals surface area (Å²) in [6, 6.07) is 22.8. The van der Waals surface area contributed by atoms with Gasteiger partial charge in [-0.15, -0.1) is 0 Å². The monoisotopic (exact) mass is 450 g/mol. The van der Waals surface area contributed by atoms with E-state index in [-0.39, 0.29) is 10.8 Å². The highest BCUT2D eigenvalue weighted by molar-refractivity contribution is 7.69. The first-order valence-electron chi connectivity index (χ1n) is 11.0. The second-order valence-electron chi connectivity index (χ2n) is 9.94. The van der Waals surface area contributed by atoms with E-state index in [0.29, 0.717) is 0 Å². The zero-order valence-corrected chi connectivity index (χ0v) is 21.4. The Morgan fingerprint density at radius 2 is 1.09 bits per heavy atom. The van der Waals surface area contributed by atoms with Crippen molar-refractivity contribution >= 4 is 18.8 Å². The molecule has 0 aromatic heterocycles. The molecule has 0 atom stereocenters. The highest BCUT2D eigenvalue weighted by atomic mass is 31.1. The summed E-state index contributed by atoms with van der Waals surface area (Å²) >= 11 is 0. The molecule has 0 bridgehead atoms. The summed E-state index contributed by atoms with van der Waals surface area (Å²) in [6.07, 6.45) is 0. The van der Waals surface area contributed by atoms with Gasteiger partial charge in [0, 0.05) is 5.56 Å². The van der Waals surface area contributed by atoms with Gasteiger partial charge in [-0.25, -0.2) is 0 Å². The molecule has 0 radical (unpaired) electrons. The SMILES string of the molecule is COc1ccccc1P(Oc1ccc(C(C)(C)C)cc1C(C)(C)C)c1ccccc1OC. The van der Waals surface area contributed by atoms with E-state index in [2.05, 4.69) is 71.9 Å². The number of hydrogen-bond donors (Lipinski definition) is 0. The molecule has 0 aliphatic rings. The molecular weight excluding hydrogens is 415 g/mol. The van der Waals surface area contributed by atoms with Crippen LogP contribution in [0.5, 0.6) is 17.2 Å². The lowest BCUT2D eigenvalue weighted by molar-refractivity contribution is 0.416. The maximum absolute atomic E-state index is 6.90. The largest absolute Gasteiger partial charge is 0.496 e. The van der Waals surface area contributed by atoms with Gasteiger partial charge in [-0.3, -0.25) is 0 Å². The smallest absolute Gasteiger partial charge is 0.158 e. The van der Waals surface area contributed by atoms with Gasteiger partial charge in [0.05, 0.1) is 24.8 Å². The molecule has 32 heavy (non-hydrogen) atoms. The normalized spacial score (nSPS) is 12.0. The third kappa shape index (κ3) is 5.27. The van der Waals surface area contributed by atoms with E-state index in [1.807, 2.05) is 36.4 Å². The van der Waals surface area contributed by atoms with Gasteiger partial charge in [0.25, 0.3) is 0 Å². The Bertz CT molecular complexity index is 1010. The van der Waals surface area contributed by atoms with E-state index in [0.717, 1.165) is 27.9 Å². The minimum absolute atomic E-state index is 0.0641. The van der Waals surface area contributed by atoms with Crippen LogP contribution in [0.25, 0.3) is 0 Å². The van der Waals surface area contributed by atoms with Crippen molar-refractivity contribution in [2.24, 2.45) is 0 Å². The zero-order valence-electron chi connectivity index (χ0n) is 20.5. The second kappa shape index (κ2) is 9.55. The minimum atomic E-state index is -1.23. The van der Waals surface area contributed by atoms with Crippen LogP contribution < -0.4 is 24.6 Å². The predicted molar refractivity (Wildman–Crippen MR) is 137 cm³/mol. The van der Waals surface area contributed by atoms with Crippen LogP contribution in [0.15, 0.2) is 66.7 Å². The van der Waals surface area contributed by atoms with Crippen molar-refractivity contribution < 1.29 is 14.0 Å². The molecule has 4 heteroatoms. The topological polar surface area (TPSA) is 27.7 Å². The van der Waals surface area contributed by atoms with Crippen LogP contribution in [0, 0.1) is 0 Å². The molecule has 0 aliphatic heterocycles. The minimum Gasteiger partial charge on any atom is -0.496 e. The van der Waals surface area contributed by atoms with E-state index in [1.54, 1.807) is 14.2 Å². The van der Waals surface area contributed by atoms with Crippen molar-refractivity contribution in [1.29, 1.82) is 0 Å². The number of para-hydroxylation sites is 2. The lowest BCUT2D eigenvalue weighted by atomic mass is 9.80. The summed E-state index contributed by atoms with van der Waals surface area (Å²) in [5, 5.41) is 2.04. The Hall–Kier alpha value is -2.51. The van der Waals surface area contributed by atoms with Crippen LogP contribution >= 0.6 is 8.15 Å². The van der Waals surface area contributed by atoms with Crippen LogP contribution in [-0.2, 0) is 10.8 Å². The molecule has 3 aromatic rings. The fraction of sp³-hybridized carbons (Fsp3) is 0.357. The average molecular weight is 451 g/mol. The number of ether oxygens (including phenoxy) is 2. The Morgan fingerprint density at radius 1 is 0.594 bits per heavy atom. The summed E-state index contributed by atoms with van der Waals surface area (Å²) in [5.74, 6) is 2.52. The van der Waals surface area contributed by atoms with Gasteiger partial charge in [0.1, 0.15) is 17.2 Å². The Balaban J connectivity index is 2.20. The first kappa shape index (κ1) is 24.1. The first-order valence-corrected chi connectivity index (χ1v) is 12.2. The molecule has 0 fully saturated rings. The van der Waals surface area contributed by atoms with Gasteiger partial charge in [-0.1, -0.05) is 77.9 Å². The third-order valence-electron chi connectivity index (χ3n) is 5.45. The Morgan fingerprint density at radius 3 is 1.53 bits per heavy atom. The van der Waals surface area contributed by atoms with Gasteiger partial charge < -0.3 is 14.0 Å². The van der Waals surface area contributed by atoms with Crippen molar-refractivity contribution in [2.45, 2.75) is 52.4 Å². The molecule has 0 N–H and O–H groups in total. The van der Waals surface area contributed by atoms with Gasteiger partial charge in [0.2, 0.25) is 0 Å². The molecular formula is C28H35O3P. The van der Waals surface area contributed by atoms with E-state index in [4.69, 9.17) is 14.0 Å². The molecule has 0 saturated carbocycles. The predicted octanol–water partition coefficient (Wildman–Crippen LogP) is 6.73. The van der Waals surface area contributed by atoms with E-state index in [9.17, 15) is 0 Å².